The Morgan fingerprint density at radius 1 is 0.340 bits per heavy atom. The Balaban J connectivity index is 1.64. The van der Waals surface area contributed by atoms with Crippen LogP contribution in [0.25, 0.3) is 88.3 Å². The Morgan fingerprint density at radius 2 is 0.872 bits per heavy atom. The summed E-state index contributed by atoms with van der Waals surface area (Å²) in [6.07, 6.45) is 0. The van der Waals surface area contributed by atoms with Gasteiger partial charge in [0.1, 0.15) is 11.3 Å². The summed E-state index contributed by atoms with van der Waals surface area (Å²) < 4.78 is 188. The Kier molecular flexibility index (Phi) is 3.29. The van der Waals surface area contributed by atoms with Gasteiger partial charge in [0.25, 0.3) is 0 Å². The fraction of sp³-hybridized carbons (Fsp3) is 0. The van der Waals surface area contributed by atoms with Crippen molar-refractivity contribution in [1.29, 1.82) is 0 Å². The van der Waals surface area contributed by atoms with Crippen LogP contribution in [0.3, 0.4) is 0 Å². The Morgan fingerprint density at radius 3 is 1.53 bits per heavy atom. The van der Waals surface area contributed by atoms with E-state index in [1.807, 2.05) is 0 Å². The Hall–Kier alpha value is -6.18. The zero-order valence-electron chi connectivity index (χ0n) is 44.2. The third kappa shape index (κ3) is 4.64. The van der Waals surface area contributed by atoms with E-state index in [0.717, 1.165) is 0 Å². The minimum absolute atomic E-state index is 0.0274. The van der Waals surface area contributed by atoms with E-state index >= 15 is 0 Å². The molecule has 1 heterocycles. The summed E-state index contributed by atoms with van der Waals surface area (Å²) in [6, 6.07) is 1.08. The van der Waals surface area contributed by atoms with Crippen LogP contribution in [0.15, 0.2) is 186 Å². The van der Waals surface area contributed by atoms with Crippen molar-refractivity contribution in [3.05, 3.63) is 182 Å². The molecule has 0 aliphatic carbocycles. The summed E-state index contributed by atoms with van der Waals surface area (Å²) in [5, 5.41) is -1.80. The third-order valence-electron chi connectivity index (χ3n) is 7.81. The largest absolute Gasteiger partial charge is 0.455 e. The van der Waals surface area contributed by atoms with E-state index in [0.29, 0.717) is 0 Å². The van der Waals surface area contributed by atoms with E-state index in [2.05, 4.69) is 0 Å². The molecule has 0 aliphatic rings. The monoisotopic (exact) mass is 618 g/mol. The molecular weight excluding hydrogens is 569 g/mol. The molecule has 0 saturated carbocycles. The molecule has 9 rings (SSSR count). The molecule has 1 heteroatoms. The van der Waals surface area contributed by atoms with Crippen molar-refractivity contribution >= 4 is 32.5 Å². The molecule has 0 atom stereocenters. The molecule has 0 N–H and O–H groups in total. The van der Waals surface area contributed by atoms with Gasteiger partial charge in [-0.15, -0.1) is 0 Å². The Bertz CT molecular complexity index is 3570. The van der Waals surface area contributed by atoms with E-state index in [4.69, 9.17) is 19.5 Å². The average Bonchev–Trinajstić information content (AvgIpc) is 3.71. The maximum absolute atomic E-state index is 9.68. The van der Waals surface area contributed by atoms with Crippen LogP contribution in [0.2, 0.25) is 0 Å². The molecule has 9 aromatic rings. The first kappa shape index (κ1) is 13.7. The van der Waals surface area contributed by atoms with Gasteiger partial charge >= 0.3 is 0 Å². The number of hydrogen-bond donors (Lipinski definition) is 0. The topological polar surface area (TPSA) is 13.1 Å². The summed E-state index contributed by atoms with van der Waals surface area (Å²) in [4.78, 5) is 0. The smallest absolute Gasteiger partial charge is 0.143 e. The fourth-order valence-electron chi connectivity index (χ4n) is 5.80. The highest BCUT2D eigenvalue weighted by Gasteiger charge is 2.24. The second-order valence-electron chi connectivity index (χ2n) is 10.5. The van der Waals surface area contributed by atoms with Crippen molar-refractivity contribution in [2.45, 2.75) is 0 Å². The van der Waals surface area contributed by atoms with Gasteiger partial charge in [0.2, 0.25) is 0 Å². The van der Waals surface area contributed by atoms with Gasteiger partial charge in [-0.2, -0.15) is 0 Å². The average molecular weight is 619 g/mol. The standard InChI is InChI=1S/C46H30O/c1-4-15-31(16-5-1)34-21-14-22-36(29-34)46-45(41-28-27-35(30-42(41)47-46)32-17-6-2-7-18-32)44-39-25-12-10-23-37(39)43(33-19-8-3-9-20-33)38-24-11-13-26-40(38)44/h1-30H/i2D,6D,7D,10D,11D,12D,13D,14D,17D,18D,21D,22D,23D,24D,25D,26D,27D,28D,29D,30D. The second-order valence-corrected chi connectivity index (χ2v) is 10.5. The van der Waals surface area contributed by atoms with Gasteiger partial charge in [0.05, 0.1) is 27.4 Å². The van der Waals surface area contributed by atoms with Crippen LogP contribution in [0.5, 0.6) is 0 Å². The predicted molar refractivity (Wildman–Crippen MR) is 198 cm³/mol. The van der Waals surface area contributed by atoms with E-state index in [1.54, 1.807) is 60.7 Å². The molecule has 8 aromatic carbocycles. The Labute approximate surface area is 302 Å². The van der Waals surface area contributed by atoms with Gasteiger partial charge in [-0.25, -0.2) is 0 Å². The molecule has 0 spiro atoms. The molecule has 1 aromatic heterocycles. The third-order valence-corrected chi connectivity index (χ3v) is 7.81. The molecular formula is C46H30O. The zero-order chi connectivity index (χ0) is 48.6. The number of hydrogen-bond acceptors (Lipinski definition) is 1. The van der Waals surface area contributed by atoms with Crippen molar-refractivity contribution in [2.75, 3.05) is 0 Å². The maximum Gasteiger partial charge on any atom is 0.143 e. The molecule has 0 aliphatic heterocycles. The molecule has 0 unspecified atom stereocenters. The van der Waals surface area contributed by atoms with Crippen molar-refractivity contribution in [1.82, 2.24) is 0 Å². The van der Waals surface area contributed by atoms with Crippen LogP contribution in [-0.4, -0.2) is 0 Å². The number of rotatable bonds is 5. The highest BCUT2D eigenvalue weighted by Crippen LogP contribution is 2.50. The van der Waals surface area contributed by atoms with Crippen molar-refractivity contribution in [3.63, 3.8) is 0 Å². The highest BCUT2D eigenvalue weighted by atomic mass is 16.3. The van der Waals surface area contributed by atoms with Crippen LogP contribution >= 0.6 is 0 Å². The lowest BCUT2D eigenvalue weighted by molar-refractivity contribution is 0.632. The SMILES string of the molecule is [2H]c1c([2H])c([2H])c(-c2c([2H])c([2H])c3c(-c4c5c([2H])c([2H])c([2H])c([2H])c5c(-c5ccccc5)c5c([2H])c([2H])c([2H])c([2H])c45)c(-c4c([2H])c([2H])c([2H])c(-c5ccccc5)c4[2H])oc3c2[2H])c([2H])c1[2H]. The first-order chi connectivity index (χ1) is 31.7. The minimum Gasteiger partial charge on any atom is -0.455 e. The summed E-state index contributed by atoms with van der Waals surface area (Å²) in [5.74, 6) is -0.634. The van der Waals surface area contributed by atoms with Gasteiger partial charge in [-0.1, -0.05) is 163 Å². The van der Waals surface area contributed by atoms with Gasteiger partial charge in [-0.3, -0.25) is 0 Å². The number of furan rings is 1. The van der Waals surface area contributed by atoms with Gasteiger partial charge in [-0.05, 0) is 73.1 Å². The maximum atomic E-state index is 9.68. The summed E-state index contributed by atoms with van der Waals surface area (Å²) in [6.45, 7) is 0. The van der Waals surface area contributed by atoms with Crippen LogP contribution in [0.1, 0.15) is 27.4 Å². The fourth-order valence-corrected chi connectivity index (χ4v) is 5.80. The van der Waals surface area contributed by atoms with E-state index in [1.165, 1.54) is 0 Å². The lowest BCUT2D eigenvalue weighted by Crippen LogP contribution is -1.91. The quantitative estimate of drug-likeness (QED) is 0.175. The molecule has 220 valence electrons. The van der Waals surface area contributed by atoms with Crippen LogP contribution in [0.4, 0.5) is 0 Å². The van der Waals surface area contributed by atoms with E-state index in [-0.39, 0.29) is 43.8 Å². The molecule has 0 radical (unpaired) electrons. The van der Waals surface area contributed by atoms with Crippen molar-refractivity contribution in [3.8, 4) is 55.8 Å². The van der Waals surface area contributed by atoms with E-state index < -0.39 is 165 Å². The number of fused-ring (bicyclic) bond motifs is 3. The molecule has 0 saturated heterocycles. The van der Waals surface area contributed by atoms with Crippen molar-refractivity contribution < 1.29 is 31.8 Å². The lowest BCUT2D eigenvalue weighted by Gasteiger charge is -2.18. The first-order valence-electron chi connectivity index (χ1n) is 24.5. The van der Waals surface area contributed by atoms with E-state index in [9.17, 15) is 12.3 Å². The molecule has 1 nitrogen and oxygen atoms in total. The summed E-state index contributed by atoms with van der Waals surface area (Å²) in [5.41, 5.74) is -3.07. The molecule has 0 bridgehead atoms. The van der Waals surface area contributed by atoms with Gasteiger partial charge in [0, 0.05) is 22.1 Å². The first-order valence-corrected chi connectivity index (χ1v) is 14.5. The van der Waals surface area contributed by atoms with Crippen LogP contribution in [-0.2, 0) is 0 Å². The number of benzene rings is 8. The summed E-state index contributed by atoms with van der Waals surface area (Å²) in [7, 11) is 0. The molecule has 47 heavy (non-hydrogen) atoms. The summed E-state index contributed by atoms with van der Waals surface area (Å²) >= 11 is 0. The second kappa shape index (κ2) is 11.3. The molecule has 0 fully saturated rings. The zero-order valence-corrected chi connectivity index (χ0v) is 24.2. The highest BCUT2D eigenvalue weighted by molar-refractivity contribution is 6.25. The predicted octanol–water partition coefficient (Wildman–Crippen LogP) is 13.1. The lowest BCUT2D eigenvalue weighted by atomic mass is 9.84. The van der Waals surface area contributed by atoms with Crippen LogP contribution in [0, 0.1) is 0 Å². The minimum atomic E-state index is -0.882. The normalized spacial score (nSPS) is 17.4. The van der Waals surface area contributed by atoms with Crippen LogP contribution < -0.4 is 0 Å². The molecule has 0 amide bonds. The van der Waals surface area contributed by atoms with Crippen molar-refractivity contribution in [2.24, 2.45) is 0 Å². The van der Waals surface area contributed by atoms with Gasteiger partial charge in [0.15, 0.2) is 0 Å². The van der Waals surface area contributed by atoms with Gasteiger partial charge < -0.3 is 4.42 Å².